The second kappa shape index (κ2) is 6.31. The Labute approximate surface area is 144 Å². The van der Waals surface area contributed by atoms with Crippen LogP contribution in [0.3, 0.4) is 0 Å². The summed E-state index contributed by atoms with van der Waals surface area (Å²) in [4.78, 5) is 3.43. The van der Waals surface area contributed by atoms with Gasteiger partial charge in [0.15, 0.2) is 5.69 Å². The molecule has 0 aliphatic heterocycles. The van der Waals surface area contributed by atoms with Crippen molar-refractivity contribution < 1.29 is 0 Å². The van der Waals surface area contributed by atoms with Crippen LogP contribution in [0.4, 0.5) is 11.4 Å². The van der Waals surface area contributed by atoms with Gasteiger partial charge in [-0.3, -0.25) is 0 Å². The van der Waals surface area contributed by atoms with E-state index in [-0.39, 0.29) is 0 Å². The number of halogens is 1. The minimum atomic E-state index is 0.659. The molecule has 0 atom stereocenters. The summed E-state index contributed by atoms with van der Waals surface area (Å²) in [7, 11) is 0. The predicted octanol–water partition coefficient (Wildman–Crippen LogP) is 5.41. The molecule has 1 heterocycles. The Morgan fingerprint density at radius 3 is 2.52 bits per heavy atom. The minimum absolute atomic E-state index is 0.659. The van der Waals surface area contributed by atoms with Gasteiger partial charge < -0.3 is 10.3 Å². The molecule has 3 nitrogen and oxygen atoms in total. The van der Waals surface area contributed by atoms with Gasteiger partial charge in [-0.15, -0.1) is 0 Å². The van der Waals surface area contributed by atoms with Gasteiger partial charge in [0.1, 0.15) is 0 Å². The molecule has 23 heavy (non-hydrogen) atoms. The number of aromatic nitrogens is 1. The van der Waals surface area contributed by atoms with E-state index >= 15 is 0 Å². The zero-order chi connectivity index (χ0) is 16.4. The summed E-state index contributed by atoms with van der Waals surface area (Å²) in [5.74, 6) is 0. The summed E-state index contributed by atoms with van der Waals surface area (Å²) in [6, 6.07) is 15.7. The fourth-order valence-electron chi connectivity index (χ4n) is 2.57. The number of hydrogen-bond acceptors (Lipinski definition) is 1. The molecular weight excluding hydrogens is 350 g/mol. The molecule has 0 radical (unpaired) electrons. The van der Waals surface area contributed by atoms with E-state index in [0.717, 1.165) is 33.4 Å². The lowest BCUT2D eigenvalue weighted by Crippen LogP contribution is -2.03. The van der Waals surface area contributed by atoms with Crippen molar-refractivity contribution in [3.05, 3.63) is 81.9 Å². The van der Waals surface area contributed by atoms with Gasteiger partial charge in [-0.25, -0.2) is 4.85 Å². The summed E-state index contributed by atoms with van der Waals surface area (Å²) in [6.45, 7) is 9.85. The van der Waals surface area contributed by atoms with Crippen LogP contribution in [0.5, 0.6) is 0 Å². The Morgan fingerprint density at radius 2 is 1.83 bits per heavy atom. The van der Waals surface area contributed by atoms with Crippen LogP contribution in [-0.2, 0) is 6.54 Å². The zero-order valence-corrected chi connectivity index (χ0v) is 14.3. The van der Waals surface area contributed by atoms with Crippen LogP contribution in [0.15, 0.2) is 59.2 Å². The highest BCUT2D eigenvalue weighted by Gasteiger charge is 2.07. The van der Waals surface area contributed by atoms with Crippen LogP contribution in [0, 0.1) is 13.5 Å². The Balaban J connectivity index is 1.91. The first-order chi connectivity index (χ1) is 11.1. The van der Waals surface area contributed by atoms with E-state index in [0.29, 0.717) is 5.69 Å². The van der Waals surface area contributed by atoms with Crippen LogP contribution in [-0.4, -0.2) is 4.57 Å². The molecule has 0 fully saturated rings. The summed E-state index contributed by atoms with van der Waals surface area (Å²) < 4.78 is 3.22. The molecule has 4 heteroatoms. The second-order valence-corrected chi connectivity index (χ2v) is 6.42. The third-order valence-electron chi connectivity index (χ3n) is 3.89. The number of aryl methyl sites for hydroxylation is 1. The normalized spacial score (nSPS) is 10.5. The molecule has 3 rings (SSSR count). The Bertz CT molecular complexity index is 886. The van der Waals surface area contributed by atoms with Crippen molar-refractivity contribution in [3.63, 3.8) is 0 Å². The first kappa shape index (κ1) is 15.4. The highest BCUT2D eigenvalue weighted by atomic mass is 79.9. The molecule has 1 aromatic heterocycles. The number of nitrogen functional groups attached to an aromatic ring is 1. The predicted molar refractivity (Wildman–Crippen MR) is 98.5 cm³/mol. The average molecular weight is 366 g/mol. The molecule has 0 aliphatic rings. The number of anilines is 1. The number of benzene rings is 2. The molecule has 2 aromatic carbocycles. The molecule has 0 saturated carbocycles. The highest BCUT2D eigenvalue weighted by Crippen LogP contribution is 2.26. The van der Waals surface area contributed by atoms with Gasteiger partial charge in [-0.1, -0.05) is 40.2 Å². The lowest BCUT2D eigenvalue weighted by atomic mass is 10.1. The van der Waals surface area contributed by atoms with Crippen molar-refractivity contribution in [2.75, 3.05) is 5.73 Å². The quantitative estimate of drug-likeness (QED) is 0.488. The topological polar surface area (TPSA) is 35.3 Å². The fourth-order valence-corrected chi connectivity index (χ4v) is 2.97. The van der Waals surface area contributed by atoms with Crippen molar-refractivity contribution in [2.24, 2.45) is 0 Å². The smallest absolute Gasteiger partial charge is 0.187 e. The van der Waals surface area contributed by atoms with Crippen molar-refractivity contribution in [1.29, 1.82) is 0 Å². The lowest BCUT2D eigenvalue weighted by Gasteiger charge is -2.09. The standard InChI is InChI=1S/C19H16BrN3/c1-13-9-15(14-3-6-18(22-2)7-4-14)11-23(13)12-16-10-17(20)5-8-19(16)21/h3-11H,12,21H2,1H3. The second-order valence-electron chi connectivity index (χ2n) is 5.50. The molecule has 0 unspecified atom stereocenters. The first-order valence-electron chi connectivity index (χ1n) is 7.25. The SMILES string of the molecule is [C-]#[N+]c1ccc(-c2cc(C)n(Cc3cc(Br)ccc3N)c2)cc1. The summed E-state index contributed by atoms with van der Waals surface area (Å²) >= 11 is 3.49. The van der Waals surface area contributed by atoms with Gasteiger partial charge in [-0.2, -0.15) is 0 Å². The van der Waals surface area contributed by atoms with Crippen LogP contribution in [0.2, 0.25) is 0 Å². The minimum Gasteiger partial charge on any atom is -0.398 e. The first-order valence-corrected chi connectivity index (χ1v) is 8.04. The van der Waals surface area contributed by atoms with E-state index in [4.69, 9.17) is 12.3 Å². The Kier molecular flexibility index (Phi) is 4.22. The van der Waals surface area contributed by atoms with Gasteiger partial charge in [0.25, 0.3) is 0 Å². The summed E-state index contributed by atoms with van der Waals surface area (Å²) in [6.07, 6.45) is 2.13. The van der Waals surface area contributed by atoms with Gasteiger partial charge >= 0.3 is 0 Å². The average Bonchev–Trinajstić information content (AvgIpc) is 2.92. The van der Waals surface area contributed by atoms with Gasteiger partial charge in [0.2, 0.25) is 0 Å². The molecule has 114 valence electrons. The van der Waals surface area contributed by atoms with Gasteiger partial charge in [0, 0.05) is 28.6 Å². The van der Waals surface area contributed by atoms with E-state index in [1.165, 1.54) is 5.69 Å². The number of nitrogens with zero attached hydrogens (tertiary/aromatic N) is 2. The van der Waals surface area contributed by atoms with Crippen molar-refractivity contribution in [3.8, 4) is 11.1 Å². The van der Waals surface area contributed by atoms with Crippen LogP contribution >= 0.6 is 15.9 Å². The monoisotopic (exact) mass is 365 g/mol. The maximum absolute atomic E-state index is 7.02. The lowest BCUT2D eigenvalue weighted by molar-refractivity contribution is 0.778. The zero-order valence-electron chi connectivity index (χ0n) is 12.8. The highest BCUT2D eigenvalue weighted by molar-refractivity contribution is 9.10. The maximum Gasteiger partial charge on any atom is 0.187 e. The van der Waals surface area contributed by atoms with Crippen molar-refractivity contribution >= 4 is 27.3 Å². The molecule has 0 saturated heterocycles. The van der Waals surface area contributed by atoms with E-state index in [2.05, 4.69) is 50.6 Å². The van der Waals surface area contributed by atoms with Gasteiger partial charge in [-0.05, 0) is 47.9 Å². The summed E-state index contributed by atoms with van der Waals surface area (Å²) in [5.41, 5.74) is 12.1. The molecule has 2 N–H and O–H groups in total. The fraction of sp³-hybridized carbons (Fsp3) is 0.105. The molecule has 0 bridgehead atoms. The summed E-state index contributed by atoms with van der Waals surface area (Å²) in [5, 5.41) is 0. The number of nitrogens with two attached hydrogens (primary N) is 1. The number of hydrogen-bond donors (Lipinski definition) is 1. The van der Waals surface area contributed by atoms with E-state index in [9.17, 15) is 0 Å². The van der Waals surface area contributed by atoms with Crippen molar-refractivity contribution in [1.82, 2.24) is 4.57 Å². The van der Waals surface area contributed by atoms with E-state index in [1.54, 1.807) is 0 Å². The van der Waals surface area contributed by atoms with Crippen LogP contribution in [0.25, 0.3) is 16.0 Å². The molecule has 3 aromatic rings. The van der Waals surface area contributed by atoms with Gasteiger partial charge in [0.05, 0.1) is 6.57 Å². The van der Waals surface area contributed by atoms with Crippen LogP contribution in [0.1, 0.15) is 11.3 Å². The molecular formula is C19H16BrN3. The third kappa shape index (κ3) is 3.30. The molecule has 0 aliphatic carbocycles. The molecule has 0 amide bonds. The Morgan fingerprint density at radius 1 is 1.09 bits per heavy atom. The Hall–Kier alpha value is -2.51. The number of rotatable bonds is 3. The van der Waals surface area contributed by atoms with E-state index < -0.39 is 0 Å². The largest absolute Gasteiger partial charge is 0.398 e. The molecule has 0 spiro atoms. The maximum atomic E-state index is 7.02. The third-order valence-corrected chi connectivity index (χ3v) is 4.38. The van der Waals surface area contributed by atoms with Crippen molar-refractivity contribution in [2.45, 2.75) is 13.5 Å². The van der Waals surface area contributed by atoms with Crippen LogP contribution < -0.4 is 5.73 Å². The van der Waals surface area contributed by atoms with E-state index in [1.807, 2.05) is 36.4 Å².